The summed E-state index contributed by atoms with van der Waals surface area (Å²) in [5, 5.41) is 23.5. The van der Waals surface area contributed by atoms with Crippen molar-refractivity contribution in [2.24, 2.45) is 0 Å². The number of unbranched alkanes of at least 4 members (excludes halogenated alkanes) is 1. The van der Waals surface area contributed by atoms with Crippen LogP contribution in [0.5, 0.6) is 0 Å². The molecule has 4 nitrogen and oxygen atoms in total. The zero-order valence-corrected chi connectivity index (χ0v) is 18.0. The van der Waals surface area contributed by atoms with Crippen molar-refractivity contribution < 1.29 is 5.11 Å². The highest BCUT2D eigenvalue weighted by atomic mass is 32.2. The lowest BCUT2D eigenvalue weighted by Gasteiger charge is -2.12. The minimum Gasteiger partial charge on any atom is -0.392 e. The van der Waals surface area contributed by atoms with Crippen molar-refractivity contribution in [3.8, 4) is 27.9 Å². The molecule has 144 valence electrons. The van der Waals surface area contributed by atoms with Crippen LogP contribution in [-0.2, 0) is 6.61 Å². The van der Waals surface area contributed by atoms with Gasteiger partial charge in [-0.1, -0.05) is 49.4 Å². The van der Waals surface area contributed by atoms with Gasteiger partial charge in [0.2, 0.25) is 0 Å². The number of hydrogen-bond donors (Lipinski definition) is 1. The topological polar surface area (TPSA) is 69.8 Å². The van der Waals surface area contributed by atoms with Crippen molar-refractivity contribution in [1.29, 1.82) is 5.26 Å². The Balaban J connectivity index is 1.99. The average Bonchev–Trinajstić information content (AvgIpc) is 3.28. The van der Waals surface area contributed by atoms with Crippen LogP contribution in [-0.4, -0.2) is 25.9 Å². The number of aliphatic hydroxyl groups is 1. The van der Waals surface area contributed by atoms with Gasteiger partial charge in [-0.2, -0.15) is 17.0 Å². The van der Waals surface area contributed by atoms with Crippen LogP contribution < -0.4 is 0 Å². The highest BCUT2D eigenvalue weighted by Crippen LogP contribution is 2.35. The smallest absolute Gasteiger partial charge is 0.141 e. The summed E-state index contributed by atoms with van der Waals surface area (Å²) in [7, 11) is 0. The summed E-state index contributed by atoms with van der Waals surface area (Å²) >= 11 is 5.03. The van der Waals surface area contributed by atoms with Crippen LogP contribution in [0.15, 0.2) is 46.9 Å². The number of hydrogen-bond acceptors (Lipinski definition) is 7. The van der Waals surface area contributed by atoms with Gasteiger partial charge >= 0.3 is 0 Å². The second-order valence-corrected chi connectivity index (χ2v) is 9.39. The summed E-state index contributed by atoms with van der Waals surface area (Å²) in [5.74, 6) is 1.12. The lowest BCUT2D eigenvalue weighted by Crippen LogP contribution is -1.96. The molecule has 7 heteroatoms. The molecule has 0 atom stereocenters. The standard InChI is InChI=1S/C21H21N3OS3/c1-2-3-9-26-14-28-20-18(12-22)17(16-6-4-15(13-25)5-7-16)11-19(24-20)21-23-8-10-27-21/h4-8,10-11,25H,2-3,9,13-14H2,1H3. The quantitative estimate of drug-likeness (QED) is 0.264. The van der Waals surface area contributed by atoms with Gasteiger partial charge in [0.15, 0.2) is 0 Å². The Morgan fingerprint density at radius 2 is 2.07 bits per heavy atom. The van der Waals surface area contributed by atoms with E-state index in [-0.39, 0.29) is 6.61 Å². The maximum atomic E-state index is 9.86. The second kappa shape index (κ2) is 10.6. The average molecular weight is 428 g/mol. The Hall–Kier alpha value is -1.85. The molecule has 0 spiro atoms. The number of rotatable bonds is 9. The van der Waals surface area contributed by atoms with Crippen molar-refractivity contribution in [3.63, 3.8) is 0 Å². The molecule has 0 bridgehead atoms. The number of nitrogens with zero attached hydrogens (tertiary/aromatic N) is 3. The maximum absolute atomic E-state index is 9.86. The fraction of sp³-hybridized carbons (Fsp3) is 0.286. The minimum atomic E-state index is 0.00217. The van der Waals surface area contributed by atoms with Gasteiger partial charge in [-0.05, 0) is 29.4 Å². The molecule has 3 aromatic rings. The monoisotopic (exact) mass is 427 g/mol. The Kier molecular flexibility index (Phi) is 7.92. The molecule has 0 saturated heterocycles. The van der Waals surface area contributed by atoms with E-state index in [4.69, 9.17) is 4.98 Å². The van der Waals surface area contributed by atoms with Gasteiger partial charge in [0, 0.05) is 22.2 Å². The SMILES string of the molecule is CCCCSCSc1nc(-c2nccs2)cc(-c2ccc(CO)cc2)c1C#N. The van der Waals surface area contributed by atoms with Gasteiger partial charge in [-0.25, -0.2) is 9.97 Å². The van der Waals surface area contributed by atoms with Gasteiger partial charge in [0.05, 0.1) is 12.2 Å². The third-order valence-electron chi connectivity index (χ3n) is 4.12. The van der Waals surface area contributed by atoms with E-state index >= 15 is 0 Å². The van der Waals surface area contributed by atoms with E-state index < -0.39 is 0 Å². The zero-order valence-electron chi connectivity index (χ0n) is 15.6. The van der Waals surface area contributed by atoms with E-state index in [1.165, 1.54) is 24.2 Å². The predicted molar refractivity (Wildman–Crippen MR) is 120 cm³/mol. The van der Waals surface area contributed by atoms with E-state index in [2.05, 4.69) is 18.0 Å². The van der Waals surface area contributed by atoms with Crippen molar-refractivity contribution >= 4 is 34.9 Å². The van der Waals surface area contributed by atoms with E-state index in [0.717, 1.165) is 43.3 Å². The predicted octanol–water partition coefficient (Wildman–Crippen LogP) is 5.82. The number of aromatic nitrogens is 2. The van der Waals surface area contributed by atoms with Gasteiger partial charge in [0.25, 0.3) is 0 Å². The second-order valence-electron chi connectivity index (χ2n) is 6.06. The maximum Gasteiger partial charge on any atom is 0.141 e. The van der Waals surface area contributed by atoms with E-state index in [0.29, 0.717) is 5.56 Å². The van der Waals surface area contributed by atoms with E-state index in [9.17, 15) is 10.4 Å². The molecule has 0 aliphatic rings. The molecule has 3 rings (SSSR count). The van der Waals surface area contributed by atoms with Gasteiger partial charge in [-0.15, -0.1) is 11.3 Å². The normalized spacial score (nSPS) is 10.8. The summed E-state index contributed by atoms with van der Waals surface area (Å²) in [6.45, 7) is 2.19. The van der Waals surface area contributed by atoms with Crippen LogP contribution in [0.1, 0.15) is 30.9 Å². The Morgan fingerprint density at radius 3 is 2.71 bits per heavy atom. The van der Waals surface area contributed by atoms with Crippen LogP contribution in [0.3, 0.4) is 0 Å². The number of thiazole rings is 1. The van der Waals surface area contributed by atoms with Crippen molar-refractivity contribution in [2.75, 3.05) is 10.8 Å². The van der Waals surface area contributed by atoms with E-state index in [1.807, 2.05) is 47.5 Å². The van der Waals surface area contributed by atoms with Gasteiger partial charge in [0.1, 0.15) is 21.8 Å². The molecule has 0 amide bonds. The van der Waals surface area contributed by atoms with Crippen LogP contribution in [0.2, 0.25) is 0 Å². The van der Waals surface area contributed by atoms with Crippen molar-refractivity contribution in [3.05, 3.63) is 53.0 Å². The first-order valence-electron chi connectivity index (χ1n) is 9.02. The van der Waals surface area contributed by atoms with Crippen LogP contribution in [0.25, 0.3) is 21.8 Å². The van der Waals surface area contributed by atoms with Gasteiger partial charge < -0.3 is 5.11 Å². The molecule has 2 aromatic heterocycles. The number of thioether (sulfide) groups is 2. The largest absolute Gasteiger partial charge is 0.392 e. The molecule has 0 unspecified atom stereocenters. The number of nitriles is 1. The number of benzene rings is 1. The Bertz CT molecular complexity index is 935. The molecule has 0 aliphatic carbocycles. The van der Waals surface area contributed by atoms with Crippen molar-refractivity contribution in [2.45, 2.75) is 31.4 Å². The molecule has 0 saturated carbocycles. The number of aliphatic hydroxyl groups excluding tert-OH is 1. The molecule has 2 heterocycles. The summed E-state index contributed by atoms with van der Waals surface area (Å²) in [5.41, 5.74) is 4.02. The molecule has 0 fully saturated rings. The summed E-state index contributed by atoms with van der Waals surface area (Å²) in [6.07, 6.45) is 4.15. The fourth-order valence-corrected chi connectivity index (χ4v) is 5.42. The fourth-order valence-electron chi connectivity index (χ4n) is 2.61. The molecular formula is C21H21N3OS3. The molecule has 28 heavy (non-hydrogen) atoms. The lowest BCUT2D eigenvalue weighted by molar-refractivity contribution is 0.282. The molecule has 0 radical (unpaired) electrons. The first kappa shape index (κ1) is 20.9. The highest BCUT2D eigenvalue weighted by Gasteiger charge is 2.17. The van der Waals surface area contributed by atoms with Crippen LogP contribution >= 0.6 is 34.9 Å². The molecular weight excluding hydrogens is 406 g/mol. The summed E-state index contributed by atoms with van der Waals surface area (Å²) in [4.78, 5) is 9.15. The Morgan fingerprint density at radius 1 is 1.25 bits per heavy atom. The first-order valence-corrected chi connectivity index (χ1v) is 12.0. The minimum absolute atomic E-state index is 0.00217. The molecule has 1 N–H and O–H groups in total. The summed E-state index contributed by atoms with van der Waals surface area (Å²) < 4.78 is 0. The van der Waals surface area contributed by atoms with Gasteiger partial charge in [-0.3, -0.25) is 0 Å². The third kappa shape index (κ3) is 5.15. The third-order valence-corrected chi connectivity index (χ3v) is 7.20. The van der Waals surface area contributed by atoms with Crippen molar-refractivity contribution in [1.82, 2.24) is 9.97 Å². The first-order chi connectivity index (χ1) is 13.8. The van der Waals surface area contributed by atoms with Crippen LogP contribution in [0, 0.1) is 11.3 Å². The molecule has 1 aromatic carbocycles. The molecule has 0 aliphatic heterocycles. The highest BCUT2D eigenvalue weighted by molar-refractivity contribution is 8.15. The Labute approximate surface area is 178 Å². The zero-order chi connectivity index (χ0) is 19.8. The summed E-state index contributed by atoms with van der Waals surface area (Å²) in [6, 6.07) is 12.0. The van der Waals surface area contributed by atoms with E-state index in [1.54, 1.807) is 18.0 Å². The number of pyridine rings is 1. The lowest BCUT2D eigenvalue weighted by atomic mass is 10.00. The van der Waals surface area contributed by atoms with Crippen LogP contribution in [0.4, 0.5) is 0 Å².